The molecule has 1 saturated carbocycles. The molecule has 0 atom stereocenters. The molecule has 0 amide bonds. The van der Waals surface area contributed by atoms with Crippen LogP contribution in [0.2, 0.25) is 0 Å². The van der Waals surface area contributed by atoms with Crippen LogP contribution in [0.3, 0.4) is 0 Å². The molecule has 0 bridgehead atoms. The summed E-state index contributed by atoms with van der Waals surface area (Å²) in [4.78, 5) is 10.7. The fourth-order valence-corrected chi connectivity index (χ4v) is 2.95. The van der Waals surface area contributed by atoms with Gasteiger partial charge in [-0.1, -0.05) is 12.1 Å². The van der Waals surface area contributed by atoms with Crippen molar-refractivity contribution in [3.63, 3.8) is 0 Å². The molecule has 1 fully saturated rings. The lowest BCUT2D eigenvalue weighted by atomic mass is 9.77. The fraction of sp³-hybridized carbons (Fsp3) is 0.562. The Kier molecular flexibility index (Phi) is 4.83. The smallest absolute Gasteiger partial charge is 0.303 e. The Balaban J connectivity index is 1.88. The van der Waals surface area contributed by atoms with Gasteiger partial charge in [-0.05, 0) is 62.1 Å². The lowest BCUT2D eigenvalue weighted by Gasteiger charge is -2.28. The first-order valence-corrected chi connectivity index (χ1v) is 7.13. The van der Waals surface area contributed by atoms with Gasteiger partial charge in [0.15, 0.2) is 0 Å². The highest BCUT2D eigenvalue weighted by molar-refractivity contribution is 5.67. The molecule has 0 spiro atoms. The quantitative estimate of drug-likeness (QED) is 0.877. The summed E-state index contributed by atoms with van der Waals surface area (Å²) in [5.74, 6) is 1.22. The van der Waals surface area contributed by atoms with Crippen molar-refractivity contribution in [1.29, 1.82) is 0 Å². The third-order valence-corrected chi connectivity index (χ3v) is 3.97. The molecule has 0 unspecified atom stereocenters. The van der Waals surface area contributed by atoms with Crippen LogP contribution in [0.1, 0.15) is 50.5 Å². The average Bonchev–Trinajstić information content (AvgIpc) is 2.40. The van der Waals surface area contributed by atoms with Crippen LogP contribution in [0.4, 0.5) is 0 Å². The van der Waals surface area contributed by atoms with Crippen molar-refractivity contribution in [1.82, 2.24) is 0 Å². The molecular weight excluding hydrogens is 240 g/mol. The normalized spacial score (nSPS) is 23.0. The van der Waals surface area contributed by atoms with E-state index in [1.807, 2.05) is 19.1 Å². The first kappa shape index (κ1) is 13.9. The zero-order chi connectivity index (χ0) is 13.7. The molecule has 0 aliphatic heterocycles. The van der Waals surface area contributed by atoms with E-state index in [2.05, 4.69) is 12.1 Å². The summed E-state index contributed by atoms with van der Waals surface area (Å²) < 4.78 is 5.44. The van der Waals surface area contributed by atoms with Gasteiger partial charge in [-0.3, -0.25) is 4.79 Å². The summed E-state index contributed by atoms with van der Waals surface area (Å²) in [5, 5.41) is 8.82. The Morgan fingerprint density at radius 1 is 1.21 bits per heavy atom. The van der Waals surface area contributed by atoms with Gasteiger partial charge < -0.3 is 9.84 Å². The van der Waals surface area contributed by atoms with Crippen LogP contribution < -0.4 is 4.74 Å². The maximum atomic E-state index is 10.7. The highest BCUT2D eigenvalue weighted by Crippen LogP contribution is 2.37. The van der Waals surface area contributed by atoms with Crippen molar-refractivity contribution in [2.45, 2.75) is 44.9 Å². The zero-order valence-electron chi connectivity index (χ0n) is 11.5. The molecule has 104 valence electrons. The SMILES string of the molecule is CCOc1ccc(C2CCC(CC(=O)O)CC2)cc1. The van der Waals surface area contributed by atoms with Crippen molar-refractivity contribution in [3.05, 3.63) is 29.8 Å². The van der Waals surface area contributed by atoms with Crippen LogP contribution in [0.15, 0.2) is 24.3 Å². The van der Waals surface area contributed by atoms with Gasteiger partial charge in [-0.15, -0.1) is 0 Å². The minimum Gasteiger partial charge on any atom is -0.494 e. The van der Waals surface area contributed by atoms with Crippen molar-refractivity contribution in [2.24, 2.45) is 5.92 Å². The number of hydrogen-bond acceptors (Lipinski definition) is 2. The van der Waals surface area contributed by atoms with Gasteiger partial charge in [0.05, 0.1) is 6.61 Å². The third-order valence-electron chi connectivity index (χ3n) is 3.97. The molecule has 2 rings (SSSR count). The summed E-state index contributed by atoms with van der Waals surface area (Å²) in [7, 11) is 0. The number of carboxylic acid groups (broad SMARTS) is 1. The first-order valence-electron chi connectivity index (χ1n) is 7.13. The van der Waals surface area contributed by atoms with E-state index < -0.39 is 5.97 Å². The molecule has 1 N–H and O–H groups in total. The molecule has 3 nitrogen and oxygen atoms in total. The maximum Gasteiger partial charge on any atom is 0.303 e. The number of carboxylic acids is 1. The highest BCUT2D eigenvalue weighted by atomic mass is 16.5. The number of carbonyl (C=O) groups is 1. The van der Waals surface area contributed by atoms with Gasteiger partial charge in [-0.25, -0.2) is 0 Å². The summed E-state index contributed by atoms with van der Waals surface area (Å²) in [6, 6.07) is 8.35. The molecule has 19 heavy (non-hydrogen) atoms. The Bertz CT molecular complexity index is 403. The van der Waals surface area contributed by atoms with Crippen LogP contribution >= 0.6 is 0 Å². The van der Waals surface area contributed by atoms with E-state index in [1.165, 1.54) is 5.56 Å². The maximum absolute atomic E-state index is 10.7. The molecule has 1 aliphatic carbocycles. The number of ether oxygens (including phenoxy) is 1. The van der Waals surface area contributed by atoms with Gasteiger partial charge in [0.25, 0.3) is 0 Å². The number of rotatable bonds is 5. The molecule has 0 saturated heterocycles. The van der Waals surface area contributed by atoms with Gasteiger partial charge in [0, 0.05) is 6.42 Å². The molecule has 1 aromatic carbocycles. The largest absolute Gasteiger partial charge is 0.494 e. The van der Waals surface area contributed by atoms with Gasteiger partial charge in [-0.2, -0.15) is 0 Å². The fourth-order valence-electron chi connectivity index (χ4n) is 2.95. The second-order valence-electron chi connectivity index (χ2n) is 5.32. The van der Waals surface area contributed by atoms with Crippen LogP contribution in [0, 0.1) is 5.92 Å². The number of benzene rings is 1. The summed E-state index contributed by atoms with van der Waals surface area (Å²) >= 11 is 0. The standard InChI is InChI=1S/C16H22O3/c1-2-19-15-9-7-14(8-10-15)13-5-3-12(4-6-13)11-16(17)18/h7-10,12-13H,2-6,11H2,1H3,(H,17,18). The second kappa shape index (κ2) is 6.60. The number of hydrogen-bond donors (Lipinski definition) is 1. The van der Waals surface area contributed by atoms with E-state index in [9.17, 15) is 4.79 Å². The molecular formula is C16H22O3. The third kappa shape index (κ3) is 3.98. The molecule has 3 heteroatoms. The van der Waals surface area contributed by atoms with E-state index in [-0.39, 0.29) is 0 Å². The Labute approximate surface area is 114 Å². The highest BCUT2D eigenvalue weighted by Gasteiger charge is 2.23. The Morgan fingerprint density at radius 2 is 1.84 bits per heavy atom. The number of aliphatic carboxylic acids is 1. The minimum absolute atomic E-state index is 0.329. The summed E-state index contributed by atoms with van der Waals surface area (Å²) in [6.07, 6.45) is 4.60. The first-order chi connectivity index (χ1) is 9.19. The summed E-state index contributed by atoms with van der Waals surface area (Å²) in [6.45, 7) is 2.68. The Morgan fingerprint density at radius 3 is 2.37 bits per heavy atom. The molecule has 1 aliphatic rings. The molecule has 0 heterocycles. The monoisotopic (exact) mass is 262 g/mol. The lowest BCUT2D eigenvalue weighted by molar-refractivity contribution is -0.138. The van der Waals surface area contributed by atoms with Crippen LogP contribution in [0.25, 0.3) is 0 Å². The topological polar surface area (TPSA) is 46.5 Å². The lowest BCUT2D eigenvalue weighted by Crippen LogP contribution is -2.16. The van der Waals surface area contributed by atoms with E-state index >= 15 is 0 Å². The van der Waals surface area contributed by atoms with Gasteiger partial charge >= 0.3 is 5.97 Å². The van der Waals surface area contributed by atoms with Gasteiger partial charge in [0.1, 0.15) is 5.75 Å². The van der Waals surface area contributed by atoms with E-state index in [0.717, 1.165) is 31.4 Å². The van der Waals surface area contributed by atoms with Crippen molar-refractivity contribution in [2.75, 3.05) is 6.61 Å². The molecule has 1 aromatic rings. The predicted molar refractivity (Wildman–Crippen MR) is 74.6 cm³/mol. The van der Waals surface area contributed by atoms with Crippen molar-refractivity contribution >= 4 is 5.97 Å². The predicted octanol–water partition coefficient (Wildman–Crippen LogP) is 3.83. The summed E-state index contributed by atoms with van der Waals surface area (Å²) in [5.41, 5.74) is 1.36. The van der Waals surface area contributed by atoms with Crippen LogP contribution in [0.5, 0.6) is 5.75 Å². The van der Waals surface area contributed by atoms with E-state index in [4.69, 9.17) is 9.84 Å². The van der Waals surface area contributed by atoms with Crippen LogP contribution in [-0.4, -0.2) is 17.7 Å². The Hall–Kier alpha value is -1.51. The van der Waals surface area contributed by atoms with E-state index in [1.54, 1.807) is 0 Å². The second-order valence-corrected chi connectivity index (χ2v) is 5.32. The van der Waals surface area contributed by atoms with Gasteiger partial charge in [0.2, 0.25) is 0 Å². The van der Waals surface area contributed by atoms with Crippen molar-refractivity contribution in [3.8, 4) is 5.75 Å². The van der Waals surface area contributed by atoms with Crippen molar-refractivity contribution < 1.29 is 14.6 Å². The average molecular weight is 262 g/mol. The van der Waals surface area contributed by atoms with E-state index in [0.29, 0.717) is 24.9 Å². The molecule has 0 aromatic heterocycles. The minimum atomic E-state index is -0.662. The molecule has 0 radical (unpaired) electrons. The van der Waals surface area contributed by atoms with Crippen LogP contribution in [-0.2, 0) is 4.79 Å². The zero-order valence-corrected chi connectivity index (χ0v) is 11.5.